The molecule has 154 valence electrons. The predicted octanol–water partition coefficient (Wildman–Crippen LogP) is 3.72. The second-order valence-electron chi connectivity index (χ2n) is 9.68. The molecule has 3 fully saturated rings. The molecule has 0 radical (unpaired) electrons. The third-order valence-corrected chi connectivity index (χ3v) is 8.21. The number of amides is 1. The van der Waals surface area contributed by atoms with Gasteiger partial charge in [-0.3, -0.25) is 9.78 Å². The summed E-state index contributed by atoms with van der Waals surface area (Å²) in [5, 5.41) is 0. The Bertz CT molecular complexity index is 724. The van der Waals surface area contributed by atoms with Gasteiger partial charge in [0.1, 0.15) is 5.69 Å². The molecule has 1 spiro atoms. The van der Waals surface area contributed by atoms with Crippen molar-refractivity contribution in [3.63, 3.8) is 0 Å². The lowest BCUT2D eigenvalue weighted by Gasteiger charge is -2.58. The van der Waals surface area contributed by atoms with Crippen LogP contribution >= 0.6 is 0 Å². The molecule has 1 aromatic heterocycles. The van der Waals surface area contributed by atoms with Crippen LogP contribution < -0.4 is 5.73 Å². The smallest absolute Gasteiger partial charge is 0.267 e. The molecule has 28 heavy (non-hydrogen) atoms. The number of primary amides is 1. The summed E-state index contributed by atoms with van der Waals surface area (Å²) in [5.74, 6) is 0.296. The lowest BCUT2D eigenvalue weighted by Crippen LogP contribution is -2.56. The fourth-order valence-corrected chi connectivity index (χ4v) is 6.38. The van der Waals surface area contributed by atoms with Crippen LogP contribution in [0.15, 0.2) is 18.3 Å². The number of carbonyl (C=O) groups excluding carboxylic acids is 1. The summed E-state index contributed by atoms with van der Waals surface area (Å²) in [5.41, 5.74) is 7.18. The van der Waals surface area contributed by atoms with E-state index in [1.165, 1.54) is 38.5 Å². The summed E-state index contributed by atoms with van der Waals surface area (Å²) in [6.07, 6.45) is 12.2. The van der Waals surface area contributed by atoms with E-state index in [4.69, 9.17) is 10.5 Å². The summed E-state index contributed by atoms with van der Waals surface area (Å²) >= 11 is 0. The Hall–Kier alpha value is -1.46. The van der Waals surface area contributed by atoms with Crippen LogP contribution in [-0.2, 0) is 10.3 Å². The summed E-state index contributed by atoms with van der Waals surface area (Å²) < 4.78 is 6.32. The first-order valence-corrected chi connectivity index (χ1v) is 10.9. The Kier molecular flexibility index (Phi) is 5.25. The number of aromatic nitrogens is 1. The zero-order valence-corrected chi connectivity index (χ0v) is 17.6. The van der Waals surface area contributed by atoms with E-state index in [0.717, 1.165) is 24.9 Å². The number of nitrogens with two attached hydrogens (primary N) is 1. The van der Waals surface area contributed by atoms with E-state index < -0.39 is 11.5 Å². The molecular weight excluding hydrogens is 350 g/mol. The second kappa shape index (κ2) is 7.42. The van der Waals surface area contributed by atoms with Crippen LogP contribution in [0, 0.1) is 17.3 Å². The van der Waals surface area contributed by atoms with E-state index in [9.17, 15) is 4.79 Å². The maximum atomic E-state index is 11.7. The average Bonchev–Trinajstić information content (AvgIpc) is 2.60. The number of pyridine rings is 1. The number of methoxy groups -OCH3 is 1. The molecule has 3 unspecified atom stereocenters. The Morgan fingerprint density at radius 1 is 1.32 bits per heavy atom. The van der Waals surface area contributed by atoms with Crippen LogP contribution in [0.2, 0.25) is 0 Å². The van der Waals surface area contributed by atoms with Gasteiger partial charge in [0.2, 0.25) is 0 Å². The fourth-order valence-electron chi connectivity index (χ4n) is 6.38. The molecule has 2 N–H and O–H groups in total. The van der Waals surface area contributed by atoms with Crippen LogP contribution in [0.1, 0.15) is 74.3 Å². The van der Waals surface area contributed by atoms with Gasteiger partial charge in [-0.05, 0) is 74.6 Å². The first-order valence-electron chi connectivity index (χ1n) is 10.9. The monoisotopic (exact) mass is 385 g/mol. The van der Waals surface area contributed by atoms with E-state index in [1.807, 2.05) is 19.2 Å². The van der Waals surface area contributed by atoms with Gasteiger partial charge in [0.25, 0.3) is 5.91 Å². The Balaban J connectivity index is 1.57. The molecule has 1 heterocycles. The third kappa shape index (κ3) is 3.17. The van der Waals surface area contributed by atoms with E-state index in [0.29, 0.717) is 29.0 Å². The number of ether oxygens (including phenoxy) is 1. The van der Waals surface area contributed by atoms with Gasteiger partial charge < -0.3 is 15.4 Å². The van der Waals surface area contributed by atoms with Crippen molar-refractivity contribution < 1.29 is 9.53 Å². The standard InChI is InChI=1S/C23H35N3O2/c1-16-6-4-7-18(15-26(2)19-13-22(14-19)9-5-10-22)23(16,28-3)17-8-11-25-20(12-17)21(24)27/h8,11-12,16,18-19H,4-7,9-10,13-15H2,1-3H3,(H2,24,27). The Morgan fingerprint density at radius 3 is 2.68 bits per heavy atom. The number of carbonyl (C=O) groups is 1. The molecule has 4 rings (SSSR count). The molecule has 3 saturated carbocycles. The van der Waals surface area contributed by atoms with Gasteiger partial charge in [-0.2, -0.15) is 0 Å². The van der Waals surface area contributed by atoms with Crippen LogP contribution in [-0.4, -0.2) is 42.5 Å². The second-order valence-corrected chi connectivity index (χ2v) is 9.68. The normalized spacial score (nSPS) is 32.1. The first kappa shape index (κ1) is 19.8. The predicted molar refractivity (Wildman–Crippen MR) is 110 cm³/mol. The van der Waals surface area contributed by atoms with Crippen molar-refractivity contribution in [3.8, 4) is 0 Å². The van der Waals surface area contributed by atoms with Gasteiger partial charge in [0.15, 0.2) is 0 Å². The van der Waals surface area contributed by atoms with Crippen LogP contribution in [0.25, 0.3) is 0 Å². The van der Waals surface area contributed by atoms with Gasteiger partial charge in [-0.25, -0.2) is 0 Å². The van der Waals surface area contributed by atoms with Gasteiger partial charge in [0, 0.05) is 31.8 Å². The molecule has 0 aliphatic heterocycles. The van der Waals surface area contributed by atoms with Crippen molar-refractivity contribution in [2.75, 3.05) is 20.7 Å². The minimum absolute atomic E-state index is 0.324. The van der Waals surface area contributed by atoms with Crippen molar-refractivity contribution in [2.45, 2.75) is 69.9 Å². The lowest BCUT2D eigenvalue weighted by atomic mass is 9.53. The first-order chi connectivity index (χ1) is 13.4. The van der Waals surface area contributed by atoms with E-state index >= 15 is 0 Å². The molecule has 3 aliphatic rings. The minimum atomic E-state index is -0.481. The number of nitrogens with zero attached hydrogens (tertiary/aromatic N) is 2. The lowest BCUT2D eigenvalue weighted by molar-refractivity contribution is -0.140. The SMILES string of the molecule is COC1(c2ccnc(C(N)=O)c2)C(C)CCCC1CN(C)C1CC2(CCC2)C1. The quantitative estimate of drug-likeness (QED) is 0.810. The van der Waals surface area contributed by atoms with E-state index in [2.05, 4.69) is 23.9 Å². The van der Waals surface area contributed by atoms with Gasteiger partial charge in [-0.1, -0.05) is 19.8 Å². The van der Waals surface area contributed by atoms with Crippen molar-refractivity contribution in [1.82, 2.24) is 9.88 Å². The average molecular weight is 386 g/mol. The molecule has 0 saturated heterocycles. The zero-order chi connectivity index (χ0) is 19.9. The molecule has 1 amide bonds. The minimum Gasteiger partial charge on any atom is -0.373 e. The highest BCUT2D eigenvalue weighted by molar-refractivity contribution is 5.90. The largest absolute Gasteiger partial charge is 0.373 e. The van der Waals surface area contributed by atoms with Crippen molar-refractivity contribution in [1.29, 1.82) is 0 Å². The molecule has 5 nitrogen and oxygen atoms in total. The van der Waals surface area contributed by atoms with Crippen LogP contribution in [0.4, 0.5) is 0 Å². The number of hydrogen-bond donors (Lipinski definition) is 1. The van der Waals surface area contributed by atoms with E-state index in [-0.39, 0.29) is 0 Å². The summed E-state index contributed by atoms with van der Waals surface area (Å²) in [6.45, 7) is 3.32. The van der Waals surface area contributed by atoms with Crippen molar-refractivity contribution >= 4 is 5.91 Å². The summed E-state index contributed by atoms with van der Waals surface area (Å²) in [4.78, 5) is 18.4. The highest BCUT2D eigenvalue weighted by Gasteiger charge is 2.52. The van der Waals surface area contributed by atoms with Gasteiger partial charge in [-0.15, -0.1) is 0 Å². The molecule has 0 bridgehead atoms. The van der Waals surface area contributed by atoms with Crippen LogP contribution in [0.5, 0.6) is 0 Å². The molecule has 1 aromatic rings. The topological polar surface area (TPSA) is 68.5 Å². The molecule has 5 heteroatoms. The maximum absolute atomic E-state index is 11.7. The van der Waals surface area contributed by atoms with Gasteiger partial charge in [0.05, 0.1) is 5.60 Å². The Labute approximate surface area is 169 Å². The third-order valence-electron chi connectivity index (χ3n) is 8.21. The molecular formula is C23H35N3O2. The Morgan fingerprint density at radius 2 is 2.07 bits per heavy atom. The number of rotatable bonds is 6. The van der Waals surface area contributed by atoms with E-state index in [1.54, 1.807) is 6.20 Å². The zero-order valence-electron chi connectivity index (χ0n) is 17.6. The van der Waals surface area contributed by atoms with Gasteiger partial charge >= 0.3 is 0 Å². The molecule has 3 aliphatic carbocycles. The molecule has 0 aromatic carbocycles. The van der Waals surface area contributed by atoms with Crippen molar-refractivity contribution in [3.05, 3.63) is 29.6 Å². The highest BCUT2D eigenvalue weighted by atomic mass is 16.5. The molecule has 3 atom stereocenters. The highest BCUT2D eigenvalue weighted by Crippen LogP contribution is 2.57. The fraction of sp³-hybridized carbons (Fsp3) is 0.739. The summed E-state index contributed by atoms with van der Waals surface area (Å²) in [7, 11) is 4.11. The van der Waals surface area contributed by atoms with Crippen molar-refractivity contribution in [2.24, 2.45) is 23.0 Å². The number of hydrogen-bond acceptors (Lipinski definition) is 4. The maximum Gasteiger partial charge on any atom is 0.267 e. The van der Waals surface area contributed by atoms with Crippen LogP contribution in [0.3, 0.4) is 0 Å². The summed E-state index contributed by atoms with van der Waals surface area (Å²) in [6, 6.07) is 4.58.